The average molecular weight is 424 g/mol. The maximum absolute atomic E-state index is 13.8. The number of aromatic nitrogens is 3. The SMILES string of the molecule is Cc1nc([C@@H]2C[C@H](NC(=O)C3CCOCC3)CN2C(=O)C2(c3ccccc3)CC2)n[nH]1. The van der Waals surface area contributed by atoms with Gasteiger partial charge in [0.2, 0.25) is 11.8 Å². The van der Waals surface area contributed by atoms with Crippen molar-refractivity contribution in [1.82, 2.24) is 25.4 Å². The van der Waals surface area contributed by atoms with E-state index in [1.165, 1.54) is 0 Å². The first-order valence-electron chi connectivity index (χ1n) is 11.2. The Labute approximate surface area is 181 Å². The normalized spacial score (nSPS) is 25.4. The van der Waals surface area contributed by atoms with Crippen molar-refractivity contribution in [1.29, 1.82) is 0 Å². The number of carbonyl (C=O) groups excluding carboxylic acids is 2. The summed E-state index contributed by atoms with van der Waals surface area (Å²) in [4.78, 5) is 33.0. The molecule has 1 aromatic carbocycles. The van der Waals surface area contributed by atoms with Crippen molar-refractivity contribution in [3.8, 4) is 0 Å². The number of nitrogens with one attached hydrogen (secondary N) is 2. The Balaban J connectivity index is 1.36. The minimum absolute atomic E-state index is 0.0122. The molecule has 0 radical (unpaired) electrons. The first-order valence-corrected chi connectivity index (χ1v) is 11.2. The minimum Gasteiger partial charge on any atom is -0.381 e. The largest absolute Gasteiger partial charge is 0.381 e. The predicted octanol–water partition coefficient (Wildman–Crippen LogP) is 2.03. The zero-order valence-electron chi connectivity index (χ0n) is 17.8. The molecule has 0 spiro atoms. The second-order valence-corrected chi connectivity index (χ2v) is 9.03. The molecule has 31 heavy (non-hydrogen) atoms. The highest BCUT2D eigenvalue weighted by molar-refractivity contribution is 5.92. The number of hydrogen-bond acceptors (Lipinski definition) is 5. The summed E-state index contributed by atoms with van der Waals surface area (Å²) in [5.41, 5.74) is 0.615. The van der Waals surface area contributed by atoms with Crippen molar-refractivity contribution in [2.24, 2.45) is 5.92 Å². The molecule has 8 heteroatoms. The van der Waals surface area contributed by atoms with Crippen LogP contribution in [0.3, 0.4) is 0 Å². The third-order valence-electron chi connectivity index (χ3n) is 6.90. The van der Waals surface area contributed by atoms with Gasteiger partial charge in [0.15, 0.2) is 5.82 Å². The first-order chi connectivity index (χ1) is 15.1. The molecule has 1 aromatic heterocycles. The Morgan fingerprint density at radius 3 is 2.58 bits per heavy atom. The van der Waals surface area contributed by atoms with Gasteiger partial charge < -0.3 is 15.0 Å². The van der Waals surface area contributed by atoms with Gasteiger partial charge in [0.25, 0.3) is 0 Å². The highest BCUT2D eigenvalue weighted by Crippen LogP contribution is 2.51. The lowest BCUT2D eigenvalue weighted by Crippen LogP contribution is -2.44. The van der Waals surface area contributed by atoms with Crippen molar-refractivity contribution in [3.63, 3.8) is 0 Å². The van der Waals surface area contributed by atoms with Crippen LogP contribution in [-0.2, 0) is 19.7 Å². The molecule has 3 fully saturated rings. The smallest absolute Gasteiger partial charge is 0.233 e. The second-order valence-electron chi connectivity index (χ2n) is 9.03. The zero-order valence-corrected chi connectivity index (χ0v) is 17.8. The van der Waals surface area contributed by atoms with E-state index in [-0.39, 0.29) is 29.8 Å². The van der Waals surface area contributed by atoms with E-state index in [4.69, 9.17) is 4.74 Å². The summed E-state index contributed by atoms with van der Waals surface area (Å²) in [5.74, 6) is 1.52. The molecule has 0 unspecified atom stereocenters. The Bertz CT molecular complexity index is 949. The third-order valence-corrected chi connectivity index (χ3v) is 6.90. The summed E-state index contributed by atoms with van der Waals surface area (Å²) in [5, 5.41) is 10.4. The van der Waals surface area contributed by atoms with Crippen LogP contribution in [-0.4, -0.2) is 57.7 Å². The molecule has 2 saturated heterocycles. The number of carbonyl (C=O) groups is 2. The number of aromatic amines is 1. The van der Waals surface area contributed by atoms with Crippen LogP contribution in [0.5, 0.6) is 0 Å². The molecule has 2 amide bonds. The molecule has 5 rings (SSSR count). The summed E-state index contributed by atoms with van der Waals surface area (Å²) >= 11 is 0. The van der Waals surface area contributed by atoms with Crippen molar-refractivity contribution in [2.75, 3.05) is 19.8 Å². The van der Waals surface area contributed by atoms with Gasteiger partial charge >= 0.3 is 0 Å². The minimum atomic E-state index is -0.454. The number of benzene rings is 1. The van der Waals surface area contributed by atoms with E-state index in [0.29, 0.717) is 32.0 Å². The zero-order chi connectivity index (χ0) is 21.4. The molecule has 2 aliphatic heterocycles. The molecule has 2 N–H and O–H groups in total. The number of hydrogen-bond donors (Lipinski definition) is 2. The molecular formula is C23H29N5O3. The van der Waals surface area contributed by atoms with Gasteiger partial charge in [0, 0.05) is 31.7 Å². The lowest BCUT2D eigenvalue weighted by molar-refractivity contribution is -0.135. The monoisotopic (exact) mass is 423 g/mol. The molecular weight excluding hydrogens is 394 g/mol. The number of ether oxygens (including phenoxy) is 1. The quantitative estimate of drug-likeness (QED) is 0.767. The van der Waals surface area contributed by atoms with Gasteiger partial charge in [-0.1, -0.05) is 30.3 Å². The van der Waals surface area contributed by atoms with Gasteiger partial charge in [0.1, 0.15) is 5.82 Å². The van der Waals surface area contributed by atoms with Crippen LogP contribution in [0.4, 0.5) is 0 Å². The number of amides is 2. The first kappa shape index (κ1) is 20.2. The lowest BCUT2D eigenvalue weighted by atomic mass is 9.94. The number of H-pyrrole nitrogens is 1. The lowest BCUT2D eigenvalue weighted by Gasteiger charge is -2.28. The average Bonchev–Trinajstić information content (AvgIpc) is 3.34. The van der Waals surface area contributed by atoms with E-state index in [0.717, 1.165) is 37.1 Å². The fraction of sp³-hybridized carbons (Fsp3) is 0.565. The van der Waals surface area contributed by atoms with E-state index in [2.05, 4.69) is 20.5 Å². The molecule has 3 aliphatic rings. The van der Waals surface area contributed by atoms with E-state index < -0.39 is 5.41 Å². The van der Waals surface area contributed by atoms with Crippen LogP contribution in [0.25, 0.3) is 0 Å². The number of nitrogens with zero attached hydrogens (tertiary/aromatic N) is 3. The van der Waals surface area contributed by atoms with E-state index in [1.807, 2.05) is 42.2 Å². The maximum atomic E-state index is 13.8. The van der Waals surface area contributed by atoms with Gasteiger partial charge in [-0.15, -0.1) is 0 Å². The molecule has 2 aromatic rings. The molecule has 8 nitrogen and oxygen atoms in total. The van der Waals surface area contributed by atoms with E-state index >= 15 is 0 Å². The number of rotatable bonds is 5. The van der Waals surface area contributed by atoms with Gasteiger partial charge in [-0.05, 0) is 44.6 Å². The van der Waals surface area contributed by atoms with Crippen LogP contribution in [0, 0.1) is 12.8 Å². The topological polar surface area (TPSA) is 100 Å². The van der Waals surface area contributed by atoms with Crippen molar-refractivity contribution in [3.05, 3.63) is 47.5 Å². The predicted molar refractivity (Wildman–Crippen MR) is 113 cm³/mol. The molecule has 2 atom stereocenters. The molecule has 3 heterocycles. The van der Waals surface area contributed by atoms with Crippen LogP contribution >= 0.6 is 0 Å². The Hall–Kier alpha value is -2.74. The number of aryl methyl sites for hydroxylation is 1. The maximum Gasteiger partial charge on any atom is 0.233 e. The van der Waals surface area contributed by atoms with Crippen LogP contribution in [0.1, 0.15) is 55.4 Å². The van der Waals surface area contributed by atoms with Crippen LogP contribution in [0.2, 0.25) is 0 Å². The fourth-order valence-electron chi connectivity index (χ4n) is 4.98. The highest BCUT2D eigenvalue weighted by atomic mass is 16.5. The fourth-order valence-corrected chi connectivity index (χ4v) is 4.98. The van der Waals surface area contributed by atoms with Crippen molar-refractivity contribution < 1.29 is 14.3 Å². The Kier molecular flexibility index (Phi) is 5.25. The van der Waals surface area contributed by atoms with Crippen molar-refractivity contribution >= 4 is 11.8 Å². The molecule has 0 bridgehead atoms. The van der Waals surface area contributed by atoms with E-state index in [9.17, 15) is 9.59 Å². The Morgan fingerprint density at radius 1 is 1.19 bits per heavy atom. The number of likely N-dealkylation sites (tertiary alicyclic amines) is 1. The van der Waals surface area contributed by atoms with Crippen LogP contribution < -0.4 is 5.32 Å². The molecule has 1 aliphatic carbocycles. The van der Waals surface area contributed by atoms with Gasteiger partial charge in [-0.2, -0.15) is 5.10 Å². The summed E-state index contributed by atoms with van der Waals surface area (Å²) in [6.07, 6.45) is 3.84. The Morgan fingerprint density at radius 2 is 1.94 bits per heavy atom. The highest BCUT2D eigenvalue weighted by Gasteiger charge is 2.55. The van der Waals surface area contributed by atoms with Crippen molar-refractivity contribution in [2.45, 2.75) is 56.5 Å². The van der Waals surface area contributed by atoms with Gasteiger partial charge in [-0.3, -0.25) is 14.7 Å². The molecule has 164 valence electrons. The third kappa shape index (κ3) is 3.84. The summed E-state index contributed by atoms with van der Waals surface area (Å²) in [7, 11) is 0. The summed E-state index contributed by atoms with van der Waals surface area (Å²) in [6.45, 7) is 3.60. The van der Waals surface area contributed by atoms with Gasteiger partial charge in [-0.25, -0.2) is 4.98 Å². The second kappa shape index (κ2) is 8.07. The summed E-state index contributed by atoms with van der Waals surface area (Å²) < 4.78 is 5.38. The molecule has 1 saturated carbocycles. The standard InChI is InChI=1S/C23H29N5O3/c1-15-24-20(27-26-15)19-13-18(25-21(29)16-7-11-31-12-8-16)14-28(19)22(30)23(9-10-23)17-5-3-2-4-6-17/h2-6,16,18-19H,7-14H2,1H3,(H,25,29)(H,24,26,27)/t18-,19-/m0/s1. The van der Waals surface area contributed by atoms with Gasteiger partial charge in [0.05, 0.1) is 11.5 Å². The van der Waals surface area contributed by atoms with Crippen LogP contribution in [0.15, 0.2) is 30.3 Å². The summed E-state index contributed by atoms with van der Waals surface area (Å²) in [6, 6.07) is 9.68. The van der Waals surface area contributed by atoms with E-state index in [1.54, 1.807) is 0 Å².